The van der Waals surface area contributed by atoms with Crippen LogP contribution in [0.15, 0.2) is 29.8 Å². The van der Waals surface area contributed by atoms with Gasteiger partial charge in [-0.2, -0.15) is 0 Å². The van der Waals surface area contributed by atoms with Crippen LogP contribution in [0.2, 0.25) is 0 Å². The van der Waals surface area contributed by atoms with Crippen molar-refractivity contribution in [3.05, 3.63) is 41.0 Å². The lowest BCUT2D eigenvalue weighted by Crippen LogP contribution is -1.78. The average Bonchev–Trinajstić information content (AvgIpc) is 2.21. The van der Waals surface area contributed by atoms with Crippen molar-refractivity contribution < 1.29 is 5.11 Å². The summed E-state index contributed by atoms with van der Waals surface area (Å²) < 4.78 is 0. The van der Waals surface area contributed by atoms with Crippen LogP contribution >= 0.6 is 0 Å². The molecular weight excluding hydrogens is 184 g/mol. The Balaban J connectivity index is 0.000000423. The molecule has 84 valence electrons. The molecule has 0 fully saturated rings. The Morgan fingerprint density at radius 3 is 2.20 bits per heavy atom. The van der Waals surface area contributed by atoms with Gasteiger partial charge in [0.25, 0.3) is 0 Å². The van der Waals surface area contributed by atoms with Crippen LogP contribution < -0.4 is 0 Å². The zero-order valence-corrected chi connectivity index (χ0v) is 10.2. The fraction of sp³-hybridized carbons (Fsp3) is 0.429. The largest absolute Gasteiger partial charge is 0.396 e. The second kappa shape index (κ2) is 8.25. The second-order valence-corrected chi connectivity index (χ2v) is 3.80. The molecule has 1 heteroatoms. The van der Waals surface area contributed by atoms with Gasteiger partial charge in [0.05, 0.1) is 0 Å². The van der Waals surface area contributed by atoms with Crippen molar-refractivity contribution >= 4 is 6.08 Å². The first-order valence-electron chi connectivity index (χ1n) is 5.43. The molecule has 0 aliphatic heterocycles. The molecule has 15 heavy (non-hydrogen) atoms. The van der Waals surface area contributed by atoms with E-state index in [-0.39, 0.29) is 0 Å². The van der Waals surface area contributed by atoms with Crippen molar-refractivity contribution in [3.8, 4) is 0 Å². The van der Waals surface area contributed by atoms with Gasteiger partial charge < -0.3 is 5.11 Å². The van der Waals surface area contributed by atoms with Gasteiger partial charge in [0.1, 0.15) is 0 Å². The van der Waals surface area contributed by atoms with Crippen molar-refractivity contribution in [2.45, 2.75) is 34.1 Å². The molecule has 0 saturated carbocycles. The van der Waals surface area contributed by atoms with Crippen LogP contribution in [0.25, 0.3) is 6.08 Å². The first kappa shape index (κ1) is 13.9. The third kappa shape index (κ3) is 6.92. The molecule has 0 radical (unpaired) electrons. The Morgan fingerprint density at radius 1 is 1.27 bits per heavy atom. The fourth-order valence-corrected chi connectivity index (χ4v) is 1.06. The molecule has 1 nitrogen and oxygen atoms in total. The zero-order chi connectivity index (χ0) is 11.7. The van der Waals surface area contributed by atoms with Gasteiger partial charge in [-0.1, -0.05) is 42.8 Å². The molecule has 0 unspecified atom stereocenters. The Labute approximate surface area is 93.5 Å². The number of aliphatic hydroxyl groups excluding tert-OH is 1. The monoisotopic (exact) mass is 206 g/mol. The summed E-state index contributed by atoms with van der Waals surface area (Å²) in [6, 6.07) is 8.41. The van der Waals surface area contributed by atoms with Crippen LogP contribution in [0.1, 0.15) is 38.3 Å². The summed E-state index contributed by atoms with van der Waals surface area (Å²) in [7, 11) is 0. The number of hydrogen-bond acceptors (Lipinski definition) is 1. The molecule has 1 N–H and O–H groups in total. The smallest absolute Gasteiger partial charge is 0.0428 e. The van der Waals surface area contributed by atoms with E-state index < -0.39 is 0 Å². The molecule has 0 aliphatic carbocycles. The van der Waals surface area contributed by atoms with Gasteiger partial charge in [0.15, 0.2) is 0 Å². The second-order valence-electron chi connectivity index (χ2n) is 3.80. The van der Waals surface area contributed by atoms with Crippen LogP contribution in [-0.4, -0.2) is 11.7 Å². The third-order valence-electron chi connectivity index (χ3n) is 1.86. The Hall–Kier alpha value is -1.08. The van der Waals surface area contributed by atoms with E-state index in [0.717, 1.165) is 6.42 Å². The van der Waals surface area contributed by atoms with Gasteiger partial charge in [0.2, 0.25) is 0 Å². The van der Waals surface area contributed by atoms with Crippen molar-refractivity contribution in [1.29, 1.82) is 0 Å². The van der Waals surface area contributed by atoms with Gasteiger partial charge in [-0.15, -0.1) is 0 Å². The maximum Gasteiger partial charge on any atom is 0.0428 e. The number of allylic oxidation sites excluding steroid dienone is 1. The van der Waals surface area contributed by atoms with Crippen molar-refractivity contribution in [2.24, 2.45) is 0 Å². The maximum absolute atomic E-state index is 7.88. The maximum atomic E-state index is 7.88. The van der Waals surface area contributed by atoms with Gasteiger partial charge >= 0.3 is 0 Å². The molecule has 0 saturated heterocycles. The summed E-state index contributed by atoms with van der Waals surface area (Å²) in [5.74, 6) is 0. The Bertz CT molecular complexity index is 294. The van der Waals surface area contributed by atoms with E-state index in [1.807, 2.05) is 6.92 Å². The third-order valence-corrected chi connectivity index (χ3v) is 1.86. The van der Waals surface area contributed by atoms with E-state index in [0.29, 0.717) is 6.61 Å². The fourth-order valence-electron chi connectivity index (χ4n) is 1.06. The van der Waals surface area contributed by atoms with Crippen molar-refractivity contribution in [1.82, 2.24) is 0 Å². The van der Waals surface area contributed by atoms with Crippen molar-refractivity contribution in [3.63, 3.8) is 0 Å². The van der Waals surface area contributed by atoms with Crippen molar-refractivity contribution in [2.75, 3.05) is 6.61 Å². The lowest BCUT2D eigenvalue weighted by molar-refractivity contribution is 0.295. The quantitative estimate of drug-likeness (QED) is 0.780. The molecule has 0 aromatic heterocycles. The first-order chi connectivity index (χ1) is 7.11. The van der Waals surface area contributed by atoms with E-state index in [2.05, 4.69) is 51.1 Å². The molecular formula is C14H22O. The zero-order valence-electron chi connectivity index (χ0n) is 10.2. The summed E-state index contributed by atoms with van der Waals surface area (Å²) in [6.07, 6.45) is 3.08. The summed E-state index contributed by atoms with van der Waals surface area (Å²) in [4.78, 5) is 0. The predicted octanol–water partition coefficient (Wildman–Crippen LogP) is 3.81. The minimum atomic E-state index is 0.319. The molecule has 0 aliphatic rings. The van der Waals surface area contributed by atoms with Crippen LogP contribution in [-0.2, 0) is 0 Å². The van der Waals surface area contributed by atoms with Crippen LogP contribution in [0.5, 0.6) is 0 Å². The number of rotatable bonds is 2. The molecule has 0 heterocycles. The van der Waals surface area contributed by atoms with E-state index in [9.17, 15) is 0 Å². The summed E-state index contributed by atoms with van der Waals surface area (Å²) in [6.45, 7) is 8.62. The predicted molar refractivity (Wildman–Crippen MR) is 67.9 cm³/mol. The summed E-state index contributed by atoms with van der Waals surface area (Å²) in [5.41, 5.74) is 4.01. The van der Waals surface area contributed by atoms with Gasteiger partial charge in [-0.05, 0) is 38.3 Å². The van der Waals surface area contributed by atoms with E-state index in [1.54, 1.807) is 0 Å². The summed E-state index contributed by atoms with van der Waals surface area (Å²) in [5, 5.41) is 7.88. The SMILES string of the molecule is CC(C)=Cc1ccccc1C.CCCO. The van der Waals surface area contributed by atoms with E-state index >= 15 is 0 Å². The van der Waals surface area contributed by atoms with Crippen LogP contribution in [0.3, 0.4) is 0 Å². The number of benzene rings is 1. The normalized spacial score (nSPS) is 8.87. The lowest BCUT2D eigenvalue weighted by atomic mass is 10.1. The Kier molecular flexibility index (Phi) is 7.65. The lowest BCUT2D eigenvalue weighted by Gasteiger charge is -1.98. The summed E-state index contributed by atoms with van der Waals surface area (Å²) >= 11 is 0. The topological polar surface area (TPSA) is 20.2 Å². The highest BCUT2D eigenvalue weighted by atomic mass is 16.2. The van der Waals surface area contributed by atoms with Crippen LogP contribution in [0, 0.1) is 6.92 Å². The standard InChI is InChI=1S/C11H14.C3H8O/c1-9(2)8-11-7-5-4-6-10(11)3;1-2-3-4/h4-8H,1-3H3;4H,2-3H2,1H3. The molecule has 1 aromatic carbocycles. The highest BCUT2D eigenvalue weighted by Gasteiger charge is 1.90. The van der Waals surface area contributed by atoms with Gasteiger partial charge in [0, 0.05) is 6.61 Å². The van der Waals surface area contributed by atoms with E-state index in [4.69, 9.17) is 5.11 Å². The first-order valence-corrected chi connectivity index (χ1v) is 5.43. The number of aliphatic hydroxyl groups is 1. The minimum Gasteiger partial charge on any atom is -0.396 e. The van der Waals surface area contributed by atoms with Gasteiger partial charge in [-0.25, -0.2) is 0 Å². The molecule has 1 rings (SSSR count). The average molecular weight is 206 g/mol. The Morgan fingerprint density at radius 2 is 1.80 bits per heavy atom. The van der Waals surface area contributed by atoms with Crippen LogP contribution in [0.4, 0.5) is 0 Å². The molecule has 0 bridgehead atoms. The highest BCUT2D eigenvalue weighted by molar-refractivity contribution is 5.55. The molecule has 0 atom stereocenters. The number of aryl methyl sites for hydroxylation is 1. The molecule has 0 spiro atoms. The van der Waals surface area contributed by atoms with E-state index in [1.165, 1.54) is 16.7 Å². The highest BCUT2D eigenvalue weighted by Crippen LogP contribution is 2.10. The van der Waals surface area contributed by atoms with Gasteiger partial charge in [-0.3, -0.25) is 0 Å². The molecule has 1 aromatic rings. The molecule has 0 amide bonds. The number of hydrogen-bond donors (Lipinski definition) is 1. The minimum absolute atomic E-state index is 0.319.